The van der Waals surface area contributed by atoms with Crippen LogP contribution in [0.5, 0.6) is 0 Å². The van der Waals surface area contributed by atoms with Gasteiger partial charge in [0, 0.05) is 49.1 Å². The number of para-hydroxylation sites is 2. The van der Waals surface area contributed by atoms with E-state index in [2.05, 4.69) is 240 Å². The van der Waals surface area contributed by atoms with Crippen LogP contribution in [0, 0.1) is 0 Å². The van der Waals surface area contributed by atoms with Gasteiger partial charge in [-0.25, -0.2) is 9.97 Å². The maximum Gasteiger partial charge on any atom is 0.161 e. The minimum Gasteiger partial charge on any atom is -0.309 e. The van der Waals surface area contributed by atoms with Gasteiger partial charge in [0.25, 0.3) is 0 Å². The van der Waals surface area contributed by atoms with Crippen LogP contribution in [0.15, 0.2) is 231 Å². The third-order valence-electron chi connectivity index (χ3n) is 14.4. The Bertz CT molecular complexity index is 4630. The topological polar surface area (TPSA) is 35.6 Å². The maximum atomic E-state index is 5.56. The minimum absolute atomic E-state index is 0.716. The van der Waals surface area contributed by atoms with E-state index in [1.54, 1.807) is 0 Å². The van der Waals surface area contributed by atoms with E-state index in [9.17, 15) is 0 Å². The first-order chi connectivity index (χ1) is 33.7. The van der Waals surface area contributed by atoms with E-state index in [-0.39, 0.29) is 0 Å². The molecule has 15 rings (SSSR count). The Morgan fingerprint density at radius 1 is 0.265 bits per heavy atom. The molecular weight excluding hydrogens is 825 g/mol. The van der Waals surface area contributed by atoms with Crippen LogP contribution in [0.4, 0.5) is 0 Å². The molecule has 0 aliphatic carbocycles. The van der Waals surface area contributed by atoms with E-state index in [4.69, 9.17) is 9.97 Å². The molecule has 4 heteroatoms. The highest BCUT2D eigenvalue weighted by molar-refractivity contribution is 6.18. The summed E-state index contributed by atoms with van der Waals surface area (Å²) < 4.78 is 4.95. The van der Waals surface area contributed by atoms with Crippen LogP contribution in [0.25, 0.3) is 142 Å². The molecular formula is C64H38N4. The number of aromatic nitrogens is 4. The molecule has 0 aliphatic heterocycles. The van der Waals surface area contributed by atoms with Crippen LogP contribution in [-0.2, 0) is 0 Å². The molecule has 3 heterocycles. The molecule has 314 valence electrons. The van der Waals surface area contributed by atoms with Crippen molar-refractivity contribution in [2.75, 3.05) is 0 Å². The lowest BCUT2D eigenvalue weighted by molar-refractivity contribution is 1.16. The van der Waals surface area contributed by atoms with Gasteiger partial charge in [-0.1, -0.05) is 170 Å². The molecule has 0 fully saturated rings. The second kappa shape index (κ2) is 14.2. The molecule has 12 aromatic carbocycles. The van der Waals surface area contributed by atoms with E-state index in [1.807, 2.05) is 0 Å². The van der Waals surface area contributed by atoms with Crippen LogP contribution < -0.4 is 0 Å². The Kier molecular flexibility index (Phi) is 7.75. The van der Waals surface area contributed by atoms with Crippen molar-refractivity contribution in [1.82, 2.24) is 19.1 Å². The molecule has 4 nitrogen and oxygen atoms in total. The van der Waals surface area contributed by atoms with Crippen LogP contribution in [0.1, 0.15) is 0 Å². The van der Waals surface area contributed by atoms with E-state index in [0.717, 1.165) is 60.8 Å². The third kappa shape index (κ3) is 5.37. The maximum absolute atomic E-state index is 5.56. The van der Waals surface area contributed by atoms with Gasteiger partial charge in [-0.15, -0.1) is 0 Å². The number of hydrogen-bond acceptors (Lipinski definition) is 2. The fraction of sp³-hybridized carbons (Fsp3) is 0. The quantitative estimate of drug-likeness (QED) is 0.165. The van der Waals surface area contributed by atoms with Crippen molar-refractivity contribution in [1.29, 1.82) is 0 Å². The normalized spacial score (nSPS) is 12.1. The summed E-state index contributed by atoms with van der Waals surface area (Å²) in [6.07, 6.45) is 0. The highest BCUT2D eigenvalue weighted by atomic mass is 15.0. The standard InChI is InChI=1S/C64H38N4/c1-3-17-41-36-60-54(33-39(41)15-1)50-25-12-14-28-58(50)67(60)44-29-30-51-55-34-40-16-2-4-18-42(40)37-61(55)68(62(51)38-44)59-32-31-52(48-23-9-10-24-49(48)59)63-53-26-11-13-27-57(53)65-64(66-63)56-35-43-19-5-6-20-45(43)46-21-7-8-22-47(46)56/h1-38H. The molecule has 68 heavy (non-hydrogen) atoms. The van der Waals surface area contributed by atoms with Crippen molar-refractivity contribution in [2.45, 2.75) is 0 Å². The molecule has 3 aromatic heterocycles. The number of fused-ring (bicyclic) bond motifs is 13. The zero-order valence-electron chi connectivity index (χ0n) is 36.7. The Balaban J connectivity index is 1.000. The largest absolute Gasteiger partial charge is 0.309 e. The van der Waals surface area contributed by atoms with Crippen LogP contribution >= 0.6 is 0 Å². The van der Waals surface area contributed by atoms with Crippen molar-refractivity contribution >= 4 is 108 Å². The lowest BCUT2D eigenvalue weighted by Gasteiger charge is -2.17. The minimum atomic E-state index is 0.716. The molecule has 0 atom stereocenters. The first kappa shape index (κ1) is 37.1. The summed E-state index contributed by atoms with van der Waals surface area (Å²) in [5.74, 6) is 0.716. The van der Waals surface area contributed by atoms with Crippen molar-refractivity contribution < 1.29 is 0 Å². The van der Waals surface area contributed by atoms with Gasteiger partial charge in [0.2, 0.25) is 0 Å². The molecule has 0 N–H and O–H groups in total. The van der Waals surface area contributed by atoms with Gasteiger partial charge < -0.3 is 9.13 Å². The molecule has 0 unspecified atom stereocenters. The summed E-state index contributed by atoms with van der Waals surface area (Å²) in [6.45, 7) is 0. The Hall–Kier alpha value is -9.12. The number of nitrogens with zero attached hydrogens (tertiary/aromatic N) is 4. The van der Waals surface area contributed by atoms with Crippen molar-refractivity contribution in [3.05, 3.63) is 231 Å². The summed E-state index contributed by atoms with van der Waals surface area (Å²) >= 11 is 0. The van der Waals surface area contributed by atoms with Crippen molar-refractivity contribution in [2.24, 2.45) is 0 Å². The van der Waals surface area contributed by atoms with Gasteiger partial charge in [-0.2, -0.15) is 0 Å². The summed E-state index contributed by atoms with van der Waals surface area (Å²) in [6, 6.07) is 84.1. The average molecular weight is 863 g/mol. The number of rotatable bonds is 4. The smallest absolute Gasteiger partial charge is 0.161 e. The molecule has 15 aromatic rings. The number of hydrogen-bond donors (Lipinski definition) is 0. The van der Waals surface area contributed by atoms with Crippen molar-refractivity contribution in [3.63, 3.8) is 0 Å². The highest BCUT2D eigenvalue weighted by Gasteiger charge is 2.22. The summed E-state index contributed by atoms with van der Waals surface area (Å²) in [5.41, 5.74) is 10.9. The fourth-order valence-electron chi connectivity index (χ4n) is 11.3. The average Bonchev–Trinajstić information content (AvgIpc) is 3.89. The van der Waals surface area contributed by atoms with Gasteiger partial charge in [-0.05, 0) is 109 Å². The lowest BCUT2D eigenvalue weighted by atomic mass is 9.95. The molecule has 0 aliphatic rings. The Morgan fingerprint density at radius 3 is 1.50 bits per heavy atom. The summed E-state index contributed by atoms with van der Waals surface area (Å²) in [5, 5.41) is 17.9. The molecule has 0 saturated carbocycles. The second-order valence-corrected chi connectivity index (χ2v) is 18.1. The summed E-state index contributed by atoms with van der Waals surface area (Å²) in [4.78, 5) is 10.8. The van der Waals surface area contributed by atoms with Gasteiger partial charge in [-0.3, -0.25) is 0 Å². The van der Waals surface area contributed by atoms with Gasteiger partial charge >= 0.3 is 0 Å². The molecule has 0 spiro atoms. The monoisotopic (exact) mass is 862 g/mol. The molecule has 0 radical (unpaired) electrons. The fourth-order valence-corrected chi connectivity index (χ4v) is 11.3. The van der Waals surface area contributed by atoms with Gasteiger partial charge in [0.1, 0.15) is 0 Å². The summed E-state index contributed by atoms with van der Waals surface area (Å²) in [7, 11) is 0. The molecule has 0 bridgehead atoms. The molecule has 0 saturated heterocycles. The van der Waals surface area contributed by atoms with Crippen LogP contribution in [0.3, 0.4) is 0 Å². The Morgan fingerprint density at radius 2 is 0.779 bits per heavy atom. The zero-order valence-corrected chi connectivity index (χ0v) is 36.7. The van der Waals surface area contributed by atoms with E-state index in [1.165, 1.54) is 75.8 Å². The SMILES string of the molecule is c1ccc2cc3c(cc2c1)c1ccccc1n3-c1ccc2c3cc4ccccc4cc3n(-c3ccc(-c4nc(-c5cc6ccccc6c6ccccc56)nc5ccccc45)c4ccccc34)c2c1. The third-order valence-corrected chi connectivity index (χ3v) is 14.4. The van der Waals surface area contributed by atoms with E-state index >= 15 is 0 Å². The first-order valence-electron chi connectivity index (χ1n) is 23.3. The molecule has 0 amide bonds. The predicted octanol–water partition coefficient (Wildman–Crippen LogP) is 16.9. The first-order valence-corrected chi connectivity index (χ1v) is 23.3. The van der Waals surface area contributed by atoms with Gasteiger partial charge in [0.15, 0.2) is 5.82 Å². The van der Waals surface area contributed by atoms with Crippen LogP contribution in [-0.4, -0.2) is 19.1 Å². The number of benzene rings is 12. The Labute approximate surface area is 390 Å². The predicted molar refractivity (Wildman–Crippen MR) is 287 cm³/mol. The van der Waals surface area contributed by atoms with Gasteiger partial charge in [0.05, 0.1) is 39.0 Å². The van der Waals surface area contributed by atoms with E-state index in [0.29, 0.717) is 5.82 Å². The van der Waals surface area contributed by atoms with E-state index < -0.39 is 0 Å². The highest BCUT2D eigenvalue weighted by Crippen LogP contribution is 2.43. The van der Waals surface area contributed by atoms with Crippen molar-refractivity contribution in [3.8, 4) is 34.0 Å². The second-order valence-electron chi connectivity index (χ2n) is 18.1. The van der Waals surface area contributed by atoms with Crippen LogP contribution in [0.2, 0.25) is 0 Å². The zero-order chi connectivity index (χ0) is 44.5. The lowest BCUT2D eigenvalue weighted by Crippen LogP contribution is -2.00.